The van der Waals surface area contributed by atoms with Crippen molar-refractivity contribution in [3.05, 3.63) is 64.6 Å². The van der Waals surface area contributed by atoms with E-state index in [1.54, 1.807) is 12.4 Å². The average molecular weight is 575 g/mol. The Morgan fingerprint density at radius 3 is 2.55 bits per heavy atom. The van der Waals surface area contributed by atoms with Gasteiger partial charge in [-0.25, -0.2) is 4.79 Å². The summed E-state index contributed by atoms with van der Waals surface area (Å²) < 4.78 is 10.4. The van der Waals surface area contributed by atoms with Crippen LogP contribution in [-0.2, 0) is 20.7 Å². The van der Waals surface area contributed by atoms with Crippen molar-refractivity contribution >= 4 is 35.1 Å². The van der Waals surface area contributed by atoms with Crippen LogP contribution < -0.4 is 26.2 Å². The van der Waals surface area contributed by atoms with Crippen molar-refractivity contribution < 1.29 is 19.1 Å². The largest absolute Gasteiger partial charge is 0.453 e. The number of nitrogens with zero attached hydrogens (tertiary/aromatic N) is 3. The number of alkyl carbamates (subject to hydrolysis) is 1. The molecule has 2 aromatic rings. The predicted molar refractivity (Wildman–Crippen MR) is 165 cm³/mol. The van der Waals surface area contributed by atoms with Crippen LogP contribution in [0, 0.1) is 11.8 Å². The lowest BCUT2D eigenvalue weighted by molar-refractivity contribution is -0.112. The second kappa shape index (κ2) is 12.9. The topological polar surface area (TPSA) is 122 Å². The minimum absolute atomic E-state index is 0.00725. The standard InChI is InChI=1S/C32H42N6O4/c1-5-22-14-24-15-25(37-10-12-42-13-11-37)7-6-23(24)16-26(33)29(22)31(39)35-27-17-34-9-8-28(27)38-18-20(2)30(21(3)19-38)36-32(40)41-4/h6-9,15-17,20-21,30H,5,10-14,18-19,33H2,1-4H3,(H,35,39)(H,36,40)/t20-,21+,30?. The maximum absolute atomic E-state index is 13.9. The summed E-state index contributed by atoms with van der Waals surface area (Å²) in [6.07, 6.45) is 6.28. The second-order valence-corrected chi connectivity index (χ2v) is 11.5. The Morgan fingerprint density at radius 2 is 1.86 bits per heavy atom. The number of amides is 2. The van der Waals surface area contributed by atoms with Gasteiger partial charge in [0.05, 0.1) is 43.5 Å². The first-order valence-electron chi connectivity index (χ1n) is 14.8. The Morgan fingerprint density at radius 1 is 1.12 bits per heavy atom. The van der Waals surface area contributed by atoms with Gasteiger partial charge in [0.25, 0.3) is 5.91 Å². The average Bonchev–Trinajstić information content (AvgIpc) is 3.14. The lowest BCUT2D eigenvalue weighted by Gasteiger charge is -2.43. The molecule has 2 fully saturated rings. The third kappa shape index (κ3) is 6.23. The number of anilines is 3. The molecule has 3 aliphatic rings. The summed E-state index contributed by atoms with van der Waals surface area (Å²) in [6.45, 7) is 10.9. The first-order chi connectivity index (χ1) is 20.3. The lowest BCUT2D eigenvalue weighted by Crippen LogP contribution is -2.55. The second-order valence-electron chi connectivity index (χ2n) is 11.5. The Hall–Kier alpha value is -4.05. The summed E-state index contributed by atoms with van der Waals surface area (Å²) in [5.74, 6) is 0.0972. The van der Waals surface area contributed by atoms with Gasteiger partial charge in [-0.1, -0.05) is 32.4 Å². The molecule has 10 heteroatoms. The molecule has 1 unspecified atom stereocenters. The number of rotatable bonds is 6. The number of pyridine rings is 1. The van der Waals surface area contributed by atoms with Gasteiger partial charge >= 0.3 is 6.09 Å². The van der Waals surface area contributed by atoms with Crippen LogP contribution in [0.3, 0.4) is 0 Å². The molecule has 0 radical (unpaired) electrons. The number of allylic oxidation sites excluding steroid dienone is 1. The number of aromatic nitrogens is 1. The quantitative estimate of drug-likeness (QED) is 0.475. The molecule has 2 aliphatic heterocycles. The fourth-order valence-electron chi connectivity index (χ4n) is 6.44. The van der Waals surface area contributed by atoms with E-state index >= 15 is 0 Å². The number of methoxy groups -OCH3 is 1. The van der Waals surface area contributed by atoms with Crippen LogP contribution in [-0.4, -0.2) is 69.5 Å². The molecular formula is C32H42N6O4. The van der Waals surface area contributed by atoms with Crippen LogP contribution in [0.15, 0.2) is 53.5 Å². The van der Waals surface area contributed by atoms with Crippen LogP contribution in [0.2, 0.25) is 0 Å². The Bertz CT molecular complexity index is 1370. The predicted octanol–water partition coefficient (Wildman–Crippen LogP) is 3.94. The Kier molecular flexibility index (Phi) is 9.01. The monoisotopic (exact) mass is 574 g/mol. The maximum Gasteiger partial charge on any atom is 0.407 e. The van der Waals surface area contributed by atoms with Gasteiger partial charge in [0.1, 0.15) is 0 Å². The van der Waals surface area contributed by atoms with Crippen molar-refractivity contribution in [2.45, 2.75) is 39.7 Å². The van der Waals surface area contributed by atoms with E-state index in [1.165, 1.54) is 12.8 Å². The van der Waals surface area contributed by atoms with Gasteiger partial charge in [-0.15, -0.1) is 0 Å². The number of nitrogens with one attached hydrogen (secondary N) is 2. The molecule has 1 aromatic heterocycles. The van der Waals surface area contributed by atoms with Crippen LogP contribution >= 0.6 is 0 Å². The van der Waals surface area contributed by atoms with Gasteiger partial charge < -0.3 is 35.6 Å². The van der Waals surface area contributed by atoms with E-state index in [-0.39, 0.29) is 23.8 Å². The summed E-state index contributed by atoms with van der Waals surface area (Å²) >= 11 is 0. The molecule has 0 saturated carbocycles. The summed E-state index contributed by atoms with van der Waals surface area (Å²) in [5, 5.41) is 6.12. The molecule has 10 nitrogen and oxygen atoms in total. The van der Waals surface area contributed by atoms with E-state index < -0.39 is 6.09 Å². The molecule has 2 amide bonds. The van der Waals surface area contributed by atoms with Crippen molar-refractivity contribution in [3.63, 3.8) is 0 Å². The zero-order chi connectivity index (χ0) is 29.8. The molecule has 0 spiro atoms. The third-order valence-corrected chi connectivity index (χ3v) is 8.61. The van der Waals surface area contributed by atoms with Crippen LogP contribution in [0.5, 0.6) is 0 Å². The number of morpholine rings is 1. The van der Waals surface area contributed by atoms with Gasteiger partial charge in [0.15, 0.2) is 0 Å². The zero-order valence-corrected chi connectivity index (χ0v) is 25.0. The SMILES string of the molecule is CCC1=C(C(=O)Nc2cnccc2N2C[C@@H](C)C(NC(=O)OC)[C@@H](C)C2)C(N)=Cc2ccc(N3CCOCC3)cc2C1. The summed E-state index contributed by atoms with van der Waals surface area (Å²) in [5.41, 5.74) is 13.5. The van der Waals surface area contributed by atoms with E-state index in [2.05, 4.69) is 64.4 Å². The molecule has 2 saturated heterocycles. The van der Waals surface area contributed by atoms with Crippen molar-refractivity contribution in [1.82, 2.24) is 10.3 Å². The van der Waals surface area contributed by atoms with Gasteiger partial charge in [0.2, 0.25) is 0 Å². The first kappa shape index (κ1) is 29.4. The highest BCUT2D eigenvalue weighted by atomic mass is 16.5. The van der Waals surface area contributed by atoms with Crippen molar-refractivity contribution in [2.24, 2.45) is 17.6 Å². The maximum atomic E-state index is 13.9. The molecule has 1 aromatic carbocycles. The highest BCUT2D eigenvalue weighted by Crippen LogP contribution is 2.34. The number of nitrogens with two attached hydrogens (primary N) is 1. The normalized spacial score (nSPS) is 22.6. The van der Waals surface area contributed by atoms with Gasteiger partial charge in [-0.05, 0) is 60.1 Å². The third-order valence-electron chi connectivity index (χ3n) is 8.61. The summed E-state index contributed by atoms with van der Waals surface area (Å²) in [7, 11) is 1.38. The minimum Gasteiger partial charge on any atom is -0.453 e. The summed E-state index contributed by atoms with van der Waals surface area (Å²) in [4.78, 5) is 34.7. The number of piperidine rings is 1. The van der Waals surface area contributed by atoms with Crippen molar-refractivity contribution in [2.75, 3.05) is 61.6 Å². The van der Waals surface area contributed by atoms with E-state index in [9.17, 15) is 9.59 Å². The van der Waals surface area contributed by atoms with E-state index in [0.717, 1.165) is 48.7 Å². The van der Waals surface area contributed by atoms with Crippen molar-refractivity contribution in [3.8, 4) is 0 Å². The number of carbonyl (C=O) groups excluding carboxylic acids is 2. The number of ether oxygens (including phenoxy) is 2. The highest BCUT2D eigenvalue weighted by Gasteiger charge is 2.34. The fraction of sp³-hybridized carbons (Fsp3) is 0.469. The molecule has 3 heterocycles. The Balaban J connectivity index is 1.37. The van der Waals surface area contributed by atoms with E-state index in [1.807, 2.05) is 12.1 Å². The Labute approximate surface area is 247 Å². The van der Waals surface area contributed by atoms with E-state index in [0.29, 0.717) is 42.9 Å². The smallest absolute Gasteiger partial charge is 0.407 e. The van der Waals surface area contributed by atoms with Crippen molar-refractivity contribution in [1.29, 1.82) is 0 Å². The van der Waals surface area contributed by atoms with Crippen LogP contribution in [0.25, 0.3) is 6.08 Å². The van der Waals surface area contributed by atoms with Gasteiger partial charge in [-0.2, -0.15) is 0 Å². The molecule has 3 atom stereocenters. The number of carbonyl (C=O) groups is 2. The highest BCUT2D eigenvalue weighted by molar-refractivity contribution is 6.09. The molecule has 1 aliphatic carbocycles. The number of hydrogen-bond acceptors (Lipinski definition) is 8. The van der Waals surface area contributed by atoms with Gasteiger partial charge in [0, 0.05) is 49.8 Å². The fourth-order valence-corrected chi connectivity index (χ4v) is 6.44. The molecule has 4 N–H and O–H groups in total. The number of fused-ring (bicyclic) bond motifs is 1. The number of benzene rings is 1. The molecule has 5 rings (SSSR count). The van der Waals surface area contributed by atoms with E-state index in [4.69, 9.17) is 15.2 Å². The first-order valence-corrected chi connectivity index (χ1v) is 14.8. The summed E-state index contributed by atoms with van der Waals surface area (Å²) in [6, 6.07) is 8.36. The molecule has 0 bridgehead atoms. The van der Waals surface area contributed by atoms with Gasteiger partial charge in [-0.3, -0.25) is 9.78 Å². The molecule has 42 heavy (non-hydrogen) atoms. The number of hydrogen-bond donors (Lipinski definition) is 3. The lowest BCUT2D eigenvalue weighted by atomic mass is 9.85. The van der Waals surface area contributed by atoms with Crippen LogP contribution in [0.4, 0.5) is 21.9 Å². The zero-order valence-electron chi connectivity index (χ0n) is 25.0. The molecular weight excluding hydrogens is 532 g/mol. The van der Waals surface area contributed by atoms with Crippen LogP contribution in [0.1, 0.15) is 38.3 Å². The molecule has 224 valence electrons. The minimum atomic E-state index is -0.419.